The fourth-order valence-corrected chi connectivity index (χ4v) is 5.48. The molecule has 2 amide bonds. The van der Waals surface area contributed by atoms with Crippen LogP contribution >= 0.6 is 0 Å². The SMILES string of the molecule is CC(=O)N1CC2(CCN(Cc3ccc(F)cc3)CC2)C2(CCN(C)C2=O)C1. The van der Waals surface area contributed by atoms with Crippen molar-refractivity contribution in [2.75, 3.05) is 39.8 Å². The van der Waals surface area contributed by atoms with Crippen LogP contribution in [0, 0.1) is 16.6 Å². The first-order chi connectivity index (χ1) is 12.9. The lowest BCUT2D eigenvalue weighted by Gasteiger charge is -2.46. The molecule has 0 aliphatic carbocycles. The van der Waals surface area contributed by atoms with Gasteiger partial charge in [-0.1, -0.05) is 12.1 Å². The van der Waals surface area contributed by atoms with Gasteiger partial charge in [0.25, 0.3) is 0 Å². The van der Waals surface area contributed by atoms with Crippen molar-refractivity contribution in [2.45, 2.75) is 32.7 Å². The van der Waals surface area contributed by atoms with Crippen LogP contribution in [0.15, 0.2) is 24.3 Å². The third-order valence-corrected chi connectivity index (χ3v) is 7.18. The Balaban J connectivity index is 1.51. The molecule has 3 saturated heterocycles. The predicted octanol–water partition coefficient (Wildman–Crippen LogP) is 2.12. The van der Waals surface area contributed by atoms with E-state index in [1.54, 1.807) is 6.92 Å². The lowest BCUT2D eigenvalue weighted by molar-refractivity contribution is -0.141. The predicted molar refractivity (Wildman–Crippen MR) is 100 cm³/mol. The molecule has 4 rings (SSSR count). The molecule has 0 radical (unpaired) electrons. The van der Waals surface area contributed by atoms with E-state index < -0.39 is 5.41 Å². The molecule has 0 aromatic heterocycles. The van der Waals surface area contributed by atoms with E-state index in [1.165, 1.54) is 12.1 Å². The molecule has 0 saturated carbocycles. The molecule has 5 nitrogen and oxygen atoms in total. The Morgan fingerprint density at radius 3 is 2.30 bits per heavy atom. The van der Waals surface area contributed by atoms with Crippen LogP contribution in [0.2, 0.25) is 0 Å². The molecule has 1 aromatic rings. The average molecular weight is 373 g/mol. The second-order valence-electron chi connectivity index (χ2n) is 8.62. The van der Waals surface area contributed by atoms with Crippen LogP contribution < -0.4 is 0 Å². The normalized spacial score (nSPS) is 27.9. The standard InChI is InChI=1S/C21H28FN3O2/c1-16(26)25-14-20(21(15-25)9-10-23(2)19(21)27)7-11-24(12-8-20)13-17-3-5-18(22)6-4-17/h3-6H,7-15H2,1-2H3. The number of rotatable bonds is 2. The first-order valence-electron chi connectivity index (χ1n) is 9.83. The molecular formula is C21H28FN3O2. The number of hydrogen-bond acceptors (Lipinski definition) is 3. The van der Waals surface area contributed by atoms with Gasteiger partial charge in [0, 0.05) is 45.6 Å². The van der Waals surface area contributed by atoms with Crippen molar-refractivity contribution in [1.29, 1.82) is 0 Å². The second kappa shape index (κ2) is 6.59. The minimum Gasteiger partial charge on any atom is -0.345 e. The van der Waals surface area contributed by atoms with Crippen LogP contribution in [0.1, 0.15) is 31.7 Å². The largest absolute Gasteiger partial charge is 0.345 e. The van der Waals surface area contributed by atoms with Gasteiger partial charge in [-0.3, -0.25) is 14.5 Å². The zero-order valence-electron chi connectivity index (χ0n) is 16.2. The molecule has 3 fully saturated rings. The first-order valence-corrected chi connectivity index (χ1v) is 9.83. The van der Waals surface area contributed by atoms with E-state index in [-0.39, 0.29) is 23.0 Å². The molecule has 6 heteroatoms. The monoisotopic (exact) mass is 373 g/mol. The summed E-state index contributed by atoms with van der Waals surface area (Å²) in [6, 6.07) is 6.68. The smallest absolute Gasteiger partial charge is 0.231 e. The molecule has 146 valence electrons. The number of halogens is 1. The van der Waals surface area contributed by atoms with E-state index in [2.05, 4.69) is 4.90 Å². The van der Waals surface area contributed by atoms with Gasteiger partial charge < -0.3 is 9.80 Å². The summed E-state index contributed by atoms with van der Waals surface area (Å²) in [5, 5.41) is 0. The minimum atomic E-state index is -0.407. The minimum absolute atomic E-state index is 0.0716. The van der Waals surface area contributed by atoms with E-state index in [0.717, 1.165) is 51.0 Å². The van der Waals surface area contributed by atoms with E-state index >= 15 is 0 Å². The van der Waals surface area contributed by atoms with Crippen LogP contribution in [0.3, 0.4) is 0 Å². The number of nitrogens with zero attached hydrogens (tertiary/aromatic N) is 3. The van der Waals surface area contributed by atoms with Crippen molar-refractivity contribution < 1.29 is 14.0 Å². The van der Waals surface area contributed by atoms with Crippen LogP contribution in [0.4, 0.5) is 4.39 Å². The summed E-state index contributed by atoms with van der Waals surface area (Å²) in [5.74, 6) is 0.0815. The van der Waals surface area contributed by atoms with E-state index in [0.29, 0.717) is 13.1 Å². The zero-order valence-corrected chi connectivity index (χ0v) is 16.2. The summed E-state index contributed by atoms with van der Waals surface area (Å²) < 4.78 is 13.1. The number of fused-ring (bicyclic) bond motifs is 1. The number of carbonyl (C=O) groups is 2. The highest BCUT2D eigenvalue weighted by atomic mass is 19.1. The number of likely N-dealkylation sites (tertiary alicyclic amines) is 3. The molecule has 0 N–H and O–H groups in total. The summed E-state index contributed by atoms with van der Waals surface area (Å²) in [5.41, 5.74) is 0.588. The lowest BCUT2D eigenvalue weighted by Crippen LogP contribution is -2.52. The molecular weight excluding hydrogens is 345 g/mol. The van der Waals surface area contributed by atoms with Gasteiger partial charge in [0.05, 0.1) is 5.41 Å². The number of benzene rings is 1. The van der Waals surface area contributed by atoms with E-state index in [1.807, 2.05) is 29.0 Å². The molecule has 27 heavy (non-hydrogen) atoms. The van der Waals surface area contributed by atoms with E-state index in [4.69, 9.17) is 0 Å². The second-order valence-corrected chi connectivity index (χ2v) is 8.62. The number of piperidine rings is 1. The molecule has 1 atom stereocenters. The van der Waals surface area contributed by atoms with Crippen LogP contribution in [-0.2, 0) is 16.1 Å². The van der Waals surface area contributed by atoms with Gasteiger partial charge in [-0.25, -0.2) is 4.39 Å². The molecule has 1 aromatic carbocycles. The summed E-state index contributed by atoms with van der Waals surface area (Å²) in [4.78, 5) is 31.3. The Morgan fingerprint density at radius 1 is 1.07 bits per heavy atom. The Hall–Kier alpha value is -1.95. The third-order valence-electron chi connectivity index (χ3n) is 7.18. The molecule has 3 heterocycles. The fourth-order valence-electron chi connectivity index (χ4n) is 5.48. The van der Waals surface area contributed by atoms with Gasteiger partial charge in [-0.15, -0.1) is 0 Å². The number of hydrogen-bond donors (Lipinski definition) is 0. The Kier molecular flexibility index (Phi) is 4.49. The van der Waals surface area contributed by atoms with Crippen molar-refractivity contribution in [3.8, 4) is 0 Å². The van der Waals surface area contributed by atoms with Crippen LogP contribution in [-0.4, -0.2) is 66.3 Å². The highest BCUT2D eigenvalue weighted by Crippen LogP contribution is 2.57. The van der Waals surface area contributed by atoms with Gasteiger partial charge >= 0.3 is 0 Å². The van der Waals surface area contributed by atoms with Crippen molar-refractivity contribution in [3.63, 3.8) is 0 Å². The van der Waals surface area contributed by atoms with Crippen molar-refractivity contribution >= 4 is 11.8 Å². The third kappa shape index (κ3) is 2.94. The highest BCUT2D eigenvalue weighted by Gasteiger charge is 2.65. The molecule has 3 aliphatic heterocycles. The van der Waals surface area contributed by atoms with Crippen molar-refractivity contribution in [2.24, 2.45) is 10.8 Å². The Bertz CT molecular complexity index is 742. The topological polar surface area (TPSA) is 43.9 Å². The van der Waals surface area contributed by atoms with Crippen molar-refractivity contribution in [1.82, 2.24) is 14.7 Å². The van der Waals surface area contributed by atoms with Gasteiger partial charge in [0.1, 0.15) is 5.82 Å². The zero-order chi connectivity index (χ0) is 19.2. The van der Waals surface area contributed by atoms with Gasteiger partial charge in [0.2, 0.25) is 11.8 Å². The molecule has 2 spiro atoms. The maximum absolute atomic E-state index is 13.1. The van der Waals surface area contributed by atoms with Gasteiger partial charge in [0.15, 0.2) is 0 Å². The molecule has 1 unspecified atom stereocenters. The van der Waals surface area contributed by atoms with Crippen LogP contribution in [0.25, 0.3) is 0 Å². The lowest BCUT2D eigenvalue weighted by atomic mass is 9.60. The quantitative estimate of drug-likeness (QED) is 0.798. The molecule has 3 aliphatic rings. The molecule has 0 bridgehead atoms. The summed E-state index contributed by atoms with van der Waals surface area (Å²) >= 11 is 0. The maximum atomic E-state index is 13.1. The Labute approximate surface area is 160 Å². The number of carbonyl (C=O) groups excluding carboxylic acids is 2. The Morgan fingerprint density at radius 2 is 1.74 bits per heavy atom. The average Bonchev–Trinajstić information content (AvgIpc) is 3.13. The van der Waals surface area contributed by atoms with Crippen molar-refractivity contribution in [3.05, 3.63) is 35.6 Å². The number of amides is 2. The summed E-state index contributed by atoms with van der Waals surface area (Å²) in [7, 11) is 1.88. The van der Waals surface area contributed by atoms with Gasteiger partial charge in [-0.2, -0.15) is 0 Å². The first kappa shape index (κ1) is 18.4. The maximum Gasteiger partial charge on any atom is 0.231 e. The van der Waals surface area contributed by atoms with Crippen LogP contribution in [0.5, 0.6) is 0 Å². The summed E-state index contributed by atoms with van der Waals surface area (Å²) in [6.07, 6.45) is 2.71. The summed E-state index contributed by atoms with van der Waals surface area (Å²) in [6.45, 7) is 6.28. The highest BCUT2D eigenvalue weighted by molar-refractivity contribution is 5.88. The fraction of sp³-hybridized carbons (Fsp3) is 0.619. The van der Waals surface area contributed by atoms with E-state index in [9.17, 15) is 14.0 Å². The van der Waals surface area contributed by atoms with Gasteiger partial charge in [-0.05, 0) is 50.0 Å².